The summed E-state index contributed by atoms with van der Waals surface area (Å²) in [5, 5.41) is 0. The molecule has 3 nitrogen and oxygen atoms in total. The van der Waals surface area contributed by atoms with E-state index in [9.17, 15) is 0 Å². The van der Waals surface area contributed by atoms with E-state index in [0.29, 0.717) is 0 Å². The van der Waals surface area contributed by atoms with Crippen molar-refractivity contribution in [2.75, 3.05) is 14.2 Å². The second-order valence-corrected chi connectivity index (χ2v) is 4.43. The van der Waals surface area contributed by atoms with Crippen LogP contribution < -0.4 is 15.2 Å². The standard InChI is InChI=1S/C16H19NO2/c1-18-14-7-3-12(4-8-14)11-16(17)13-5-9-15(19-2)10-6-13/h3-10,16H,11,17H2,1-2H3. The van der Waals surface area contributed by atoms with Gasteiger partial charge < -0.3 is 15.2 Å². The molecule has 0 bridgehead atoms. The molecule has 3 heteroatoms. The molecule has 100 valence electrons. The van der Waals surface area contributed by atoms with E-state index in [1.807, 2.05) is 48.5 Å². The topological polar surface area (TPSA) is 44.5 Å². The van der Waals surface area contributed by atoms with Crippen LogP contribution in [0, 0.1) is 0 Å². The fourth-order valence-corrected chi connectivity index (χ4v) is 1.98. The lowest BCUT2D eigenvalue weighted by atomic mass is 9.99. The van der Waals surface area contributed by atoms with Gasteiger partial charge in [0, 0.05) is 6.04 Å². The van der Waals surface area contributed by atoms with E-state index >= 15 is 0 Å². The molecule has 0 spiro atoms. The third-order valence-corrected chi connectivity index (χ3v) is 3.16. The van der Waals surface area contributed by atoms with E-state index in [-0.39, 0.29) is 6.04 Å². The number of nitrogens with two attached hydrogens (primary N) is 1. The summed E-state index contributed by atoms with van der Waals surface area (Å²) in [6, 6.07) is 15.9. The largest absolute Gasteiger partial charge is 0.497 e. The van der Waals surface area contributed by atoms with Crippen LogP contribution in [0.3, 0.4) is 0 Å². The fourth-order valence-electron chi connectivity index (χ4n) is 1.98. The molecule has 0 amide bonds. The van der Waals surface area contributed by atoms with Gasteiger partial charge in [0.15, 0.2) is 0 Å². The van der Waals surface area contributed by atoms with E-state index in [0.717, 1.165) is 23.5 Å². The molecule has 0 aliphatic rings. The average Bonchev–Trinajstić information content (AvgIpc) is 2.48. The molecule has 0 aromatic heterocycles. The van der Waals surface area contributed by atoms with Gasteiger partial charge in [-0.2, -0.15) is 0 Å². The predicted molar refractivity (Wildman–Crippen MR) is 76.6 cm³/mol. The van der Waals surface area contributed by atoms with Gasteiger partial charge in [-0.1, -0.05) is 24.3 Å². The second kappa shape index (κ2) is 6.25. The number of rotatable bonds is 5. The van der Waals surface area contributed by atoms with Crippen LogP contribution in [-0.4, -0.2) is 14.2 Å². The zero-order chi connectivity index (χ0) is 13.7. The summed E-state index contributed by atoms with van der Waals surface area (Å²) in [7, 11) is 3.32. The maximum Gasteiger partial charge on any atom is 0.118 e. The quantitative estimate of drug-likeness (QED) is 0.895. The lowest BCUT2D eigenvalue weighted by molar-refractivity contribution is 0.414. The Morgan fingerprint density at radius 3 is 1.79 bits per heavy atom. The Bertz CT molecular complexity index is 505. The number of methoxy groups -OCH3 is 2. The molecule has 0 radical (unpaired) electrons. The van der Waals surface area contributed by atoms with Gasteiger partial charge in [0.1, 0.15) is 11.5 Å². The molecule has 2 N–H and O–H groups in total. The van der Waals surface area contributed by atoms with Crippen molar-refractivity contribution in [2.45, 2.75) is 12.5 Å². The van der Waals surface area contributed by atoms with Gasteiger partial charge in [-0.05, 0) is 41.8 Å². The molecule has 0 fully saturated rings. The molecular formula is C16H19NO2. The first-order chi connectivity index (χ1) is 9.22. The molecule has 0 saturated heterocycles. The maximum absolute atomic E-state index is 6.22. The summed E-state index contributed by atoms with van der Waals surface area (Å²) in [5.74, 6) is 1.71. The zero-order valence-corrected chi connectivity index (χ0v) is 11.3. The summed E-state index contributed by atoms with van der Waals surface area (Å²) in [4.78, 5) is 0. The van der Waals surface area contributed by atoms with Gasteiger partial charge >= 0.3 is 0 Å². The lowest BCUT2D eigenvalue weighted by Crippen LogP contribution is -2.13. The van der Waals surface area contributed by atoms with E-state index in [4.69, 9.17) is 15.2 Å². The molecule has 19 heavy (non-hydrogen) atoms. The molecule has 1 unspecified atom stereocenters. The molecule has 0 saturated carbocycles. The molecular weight excluding hydrogens is 238 g/mol. The van der Waals surface area contributed by atoms with Crippen molar-refractivity contribution in [2.24, 2.45) is 5.73 Å². The van der Waals surface area contributed by atoms with Crippen LogP contribution in [0.5, 0.6) is 11.5 Å². The lowest BCUT2D eigenvalue weighted by Gasteiger charge is -2.13. The highest BCUT2D eigenvalue weighted by Gasteiger charge is 2.07. The third-order valence-electron chi connectivity index (χ3n) is 3.16. The Hall–Kier alpha value is -2.00. The van der Waals surface area contributed by atoms with Crippen molar-refractivity contribution in [1.29, 1.82) is 0 Å². The molecule has 2 rings (SSSR count). The van der Waals surface area contributed by atoms with Crippen LogP contribution in [0.4, 0.5) is 0 Å². The second-order valence-electron chi connectivity index (χ2n) is 4.43. The van der Waals surface area contributed by atoms with Crippen LogP contribution in [0.25, 0.3) is 0 Å². The van der Waals surface area contributed by atoms with E-state index < -0.39 is 0 Å². The van der Waals surface area contributed by atoms with Crippen molar-refractivity contribution < 1.29 is 9.47 Å². The Balaban J connectivity index is 2.04. The van der Waals surface area contributed by atoms with Crippen molar-refractivity contribution in [3.05, 3.63) is 59.7 Å². The van der Waals surface area contributed by atoms with Gasteiger partial charge in [-0.3, -0.25) is 0 Å². The summed E-state index contributed by atoms with van der Waals surface area (Å²) >= 11 is 0. The first kappa shape index (κ1) is 13.4. The number of hydrogen-bond donors (Lipinski definition) is 1. The van der Waals surface area contributed by atoms with E-state index in [1.54, 1.807) is 14.2 Å². The molecule has 0 aliphatic carbocycles. The summed E-state index contributed by atoms with van der Waals surface area (Å²) in [6.07, 6.45) is 0.802. The third kappa shape index (κ3) is 3.48. The molecule has 0 aliphatic heterocycles. The number of ether oxygens (including phenoxy) is 2. The van der Waals surface area contributed by atoms with Crippen LogP contribution in [-0.2, 0) is 6.42 Å². The van der Waals surface area contributed by atoms with Gasteiger partial charge in [-0.15, -0.1) is 0 Å². The number of benzene rings is 2. The van der Waals surface area contributed by atoms with E-state index in [2.05, 4.69) is 0 Å². The Kier molecular flexibility index (Phi) is 4.42. The predicted octanol–water partition coefficient (Wildman–Crippen LogP) is 2.95. The van der Waals surface area contributed by atoms with Gasteiger partial charge in [0.2, 0.25) is 0 Å². The normalized spacial score (nSPS) is 11.9. The fraction of sp³-hybridized carbons (Fsp3) is 0.250. The van der Waals surface area contributed by atoms with E-state index in [1.165, 1.54) is 5.56 Å². The first-order valence-electron chi connectivity index (χ1n) is 6.25. The average molecular weight is 257 g/mol. The smallest absolute Gasteiger partial charge is 0.118 e. The SMILES string of the molecule is COc1ccc(CC(N)c2ccc(OC)cc2)cc1. The van der Waals surface area contributed by atoms with Crippen molar-refractivity contribution >= 4 is 0 Å². The Morgan fingerprint density at radius 2 is 1.32 bits per heavy atom. The first-order valence-corrected chi connectivity index (χ1v) is 6.25. The van der Waals surface area contributed by atoms with Gasteiger partial charge in [0.25, 0.3) is 0 Å². The molecule has 0 heterocycles. The summed E-state index contributed by atoms with van der Waals surface area (Å²) in [6.45, 7) is 0. The minimum atomic E-state index is -0.0145. The minimum absolute atomic E-state index is 0.0145. The zero-order valence-electron chi connectivity index (χ0n) is 11.3. The molecule has 2 aromatic rings. The van der Waals surface area contributed by atoms with Gasteiger partial charge in [-0.25, -0.2) is 0 Å². The Morgan fingerprint density at radius 1 is 0.842 bits per heavy atom. The van der Waals surface area contributed by atoms with Crippen LogP contribution >= 0.6 is 0 Å². The highest BCUT2D eigenvalue weighted by molar-refractivity contribution is 5.32. The van der Waals surface area contributed by atoms with Crippen LogP contribution in [0.15, 0.2) is 48.5 Å². The molecule has 2 aromatic carbocycles. The van der Waals surface area contributed by atoms with Crippen LogP contribution in [0.2, 0.25) is 0 Å². The van der Waals surface area contributed by atoms with Crippen LogP contribution in [0.1, 0.15) is 17.2 Å². The molecule has 1 atom stereocenters. The highest BCUT2D eigenvalue weighted by Crippen LogP contribution is 2.20. The summed E-state index contributed by atoms with van der Waals surface area (Å²) < 4.78 is 10.3. The van der Waals surface area contributed by atoms with Crippen molar-refractivity contribution in [3.63, 3.8) is 0 Å². The minimum Gasteiger partial charge on any atom is -0.497 e. The van der Waals surface area contributed by atoms with Crippen molar-refractivity contribution in [3.8, 4) is 11.5 Å². The highest BCUT2D eigenvalue weighted by atomic mass is 16.5. The maximum atomic E-state index is 6.22. The number of hydrogen-bond acceptors (Lipinski definition) is 3. The van der Waals surface area contributed by atoms with Gasteiger partial charge in [0.05, 0.1) is 14.2 Å². The monoisotopic (exact) mass is 257 g/mol. The Labute approximate surface area is 114 Å². The summed E-state index contributed by atoms with van der Waals surface area (Å²) in [5.41, 5.74) is 8.52. The van der Waals surface area contributed by atoms with Crippen molar-refractivity contribution in [1.82, 2.24) is 0 Å².